The third-order valence-electron chi connectivity index (χ3n) is 12.1. The molecular weight excluding hydrogens is 825 g/mol. The number of esters is 2. The number of unbranched alkanes of at least 4 members (excludes halogenated alkanes) is 30. The maximum absolute atomic E-state index is 12.8. The van der Waals surface area contributed by atoms with E-state index in [0.717, 1.165) is 57.8 Å². The zero-order chi connectivity index (χ0) is 46.2. The summed E-state index contributed by atoms with van der Waals surface area (Å²) in [4.78, 5) is 25.5. The van der Waals surface area contributed by atoms with E-state index in [1.54, 1.807) is 0 Å². The third-order valence-corrected chi connectivity index (χ3v) is 12.8. The average molecular weight is 919 g/mol. The minimum atomic E-state index is -4.60. The number of allylic oxidation sites excluding steroid dienone is 2. The molecule has 0 aliphatic carbocycles. The lowest BCUT2D eigenvalue weighted by Gasteiger charge is -2.40. The van der Waals surface area contributed by atoms with Crippen LogP contribution in [0.3, 0.4) is 0 Å². The van der Waals surface area contributed by atoms with Gasteiger partial charge >= 0.3 is 11.9 Å². The number of hydrogen-bond donors (Lipinski definition) is 4. The van der Waals surface area contributed by atoms with Crippen LogP contribution in [0.5, 0.6) is 0 Å². The fourth-order valence-electron chi connectivity index (χ4n) is 8.09. The normalized spacial score (nSPS) is 19.7. The standard InChI is InChI=1S/C50H94O12S/c1-3-5-7-9-11-13-15-17-19-20-21-22-23-24-25-27-28-30-32-34-36-38-45(51)59-40-43(41-60-50-49(55)48(54)47(53)44(62-50)42-63(56,57)58)61-46(52)39-37-35-33-31-29-26-18-16-14-12-10-8-6-4-2/h16,18,43-44,47-50,53-55H,3-15,17,19-42H2,1-2H3,(H,56,57,58)/b18-16+/t43-,44-,47-,48?,49?,50+/m1/s1. The molecule has 6 atom stereocenters. The Labute approximate surface area is 384 Å². The summed E-state index contributed by atoms with van der Waals surface area (Å²) in [5.74, 6) is -1.98. The van der Waals surface area contributed by atoms with Crippen molar-refractivity contribution >= 4 is 22.1 Å². The number of aliphatic hydroxyl groups excluding tert-OH is 3. The zero-order valence-electron chi connectivity index (χ0n) is 40.0. The van der Waals surface area contributed by atoms with Gasteiger partial charge in [-0.1, -0.05) is 199 Å². The van der Waals surface area contributed by atoms with Gasteiger partial charge in [0.15, 0.2) is 12.4 Å². The van der Waals surface area contributed by atoms with Crippen LogP contribution < -0.4 is 0 Å². The first kappa shape index (κ1) is 59.4. The van der Waals surface area contributed by atoms with Gasteiger partial charge in [0, 0.05) is 12.8 Å². The van der Waals surface area contributed by atoms with E-state index in [2.05, 4.69) is 26.0 Å². The Bertz CT molecular complexity index is 1210. The summed E-state index contributed by atoms with van der Waals surface area (Å²) in [6.07, 6.45) is 35.4. The van der Waals surface area contributed by atoms with Crippen molar-refractivity contribution < 1.29 is 56.8 Å². The van der Waals surface area contributed by atoms with Crippen molar-refractivity contribution in [2.24, 2.45) is 0 Å². The number of carbonyl (C=O) groups excluding carboxylic acids is 2. The van der Waals surface area contributed by atoms with Gasteiger partial charge in [-0.15, -0.1) is 0 Å². The van der Waals surface area contributed by atoms with E-state index in [-0.39, 0.29) is 19.4 Å². The van der Waals surface area contributed by atoms with Gasteiger partial charge in [-0.2, -0.15) is 8.42 Å². The molecule has 0 bridgehead atoms. The second kappa shape index (κ2) is 40.6. The van der Waals surface area contributed by atoms with Gasteiger partial charge in [-0.3, -0.25) is 14.1 Å². The van der Waals surface area contributed by atoms with Crippen molar-refractivity contribution in [3.05, 3.63) is 12.2 Å². The Hall–Kier alpha value is -1.61. The Kier molecular flexibility index (Phi) is 38.3. The highest BCUT2D eigenvalue weighted by Gasteiger charge is 2.46. The number of hydrogen-bond acceptors (Lipinski definition) is 11. The van der Waals surface area contributed by atoms with Gasteiger partial charge in [-0.25, -0.2) is 0 Å². The highest BCUT2D eigenvalue weighted by atomic mass is 32.2. The first-order valence-electron chi connectivity index (χ1n) is 25.7. The summed E-state index contributed by atoms with van der Waals surface area (Å²) in [5.41, 5.74) is 0. The molecule has 1 fully saturated rings. The molecule has 372 valence electrons. The summed E-state index contributed by atoms with van der Waals surface area (Å²) >= 11 is 0. The van der Waals surface area contributed by atoms with E-state index in [1.165, 1.54) is 141 Å². The topological polar surface area (TPSA) is 186 Å². The molecule has 1 saturated heterocycles. The largest absolute Gasteiger partial charge is 0.462 e. The Morgan fingerprint density at radius 2 is 0.905 bits per heavy atom. The second-order valence-electron chi connectivity index (χ2n) is 18.2. The zero-order valence-corrected chi connectivity index (χ0v) is 40.8. The van der Waals surface area contributed by atoms with Crippen LogP contribution in [0.1, 0.15) is 239 Å². The van der Waals surface area contributed by atoms with Gasteiger partial charge in [-0.05, 0) is 38.5 Å². The molecular formula is C50H94O12S. The molecule has 0 radical (unpaired) electrons. The Morgan fingerprint density at radius 1 is 0.524 bits per heavy atom. The van der Waals surface area contributed by atoms with Gasteiger partial charge in [0.2, 0.25) is 0 Å². The van der Waals surface area contributed by atoms with Crippen molar-refractivity contribution in [2.45, 2.75) is 275 Å². The van der Waals surface area contributed by atoms with E-state index in [4.69, 9.17) is 18.9 Å². The number of ether oxygens (including phenoxy) is 4. The third kappa shape index (κ3) is 35.3. The van der Waals surface area contributed by atoms with Crippen LogP contribution in [0.2, 0.25) is 0 Å². The minimum absolute atomic E-state index is 0.158. The van der Waals surface area contributed by atoms with Crippen LogP contribution in [0, 0.1) is 0 Å². The second-order valence-corrected chi connectivity index (χ2v) is 19.7. The number of rotatable bonds is 44. The molecule has 0 saturated carbocycles. The molecule has 13 heteroatoms. The summed E-state index contributed by atoms with van der Waals surface area (Å²) in [5, 5.41) is 30.9. The van der Waals surface area contributed by atoms with Crippen molar-refractivity contribution in [2.75, 3.05) is 19.0 Å². The van der Waals surface area contributed by atoms with Crippen molar-refractivity contribution in [1.82, 2.24) is 0 Å². The van der Waals surface area contributed by atoms with Crippen LogP contribution in [0.25, 0.3) is 0 Å². The molecule has 0 spiro atoms. The van der Waals surface area contributed by atoms with Gasteiger partial charge in [0.1, 0.15) is 36.8 Å². The molecule has 1 aliphatic heterocycles. The van der Waals surface area contributed by atoms with Crippen LogP contribution >= 0.6 is 0 Å². The lowest BCUT2D eigenvalue weighted by atomic mass is 10.00. The van der Waals surface area contributed by atoms with E-state index in [1.807, 2.05) is 0 Å². The SMILES string of the molecule is CCCCCCC/C=C/CCCCCCCC(=O)O[C@H](COC(=O)CCCCCCCCCCCCCCCCCCCCCCC)CO[C@H]1O[C@H](CS(=O)(=O)O)[C@@H](O)C(O)C1O. The highest BCUT2D eigenvalue weighted by Crippen LogP contribution is 2.24. The Morgan fingerprint density at radius 3 is 1.32 bits per heavy atom. The first-order valence-corrected chi connectivity index (χ1v) is 27.4. The van der Waals surface area contributed by atoms with Crippen LogP contribution in [-0.4, -0.2) is 96.0 Å². The predicted molar refractivity (Wildman–Crippen MR) is 252 cm³/mol. The van der Waals surface area contributed by atoms with E-state index >= 15 is 0 Å². The molecule has 12 nitrogen and oxygen atoms in total. The van der Waals surface area contributed by atoms with Crippen molar-refractivity contribution in [1.29, 1.82) is 0 Å². The maximum atomic E-state index is 12.8. The number of aliphatic hydroxyl groups is 3. The quantitative estimate of drug-likeness (QED) is 0.0196. The molecule has 0 aromatic rings. The fraction of sp³-hybridized carbons (Fsp3) is 0.920. The lowest BCUT2D eigenvalue weighted by molar-refractivity contribution is -0.297. The van der Waals surface area contributed by atoms with E-state index in [9.17, 15) is 37.9 Å². The highest BCUT2D eigenvalue weighted by molar-refractivity contribution is 7.85. The molecule has 2 unspecified atom stereocenters. The number of carbonyl (C=O) groups is 2. The fourth-order valence-corrected chi connectivity index (χ4v) is 8.78. The molecule has 0 amide bonds. The van der Waals surface area contributed by atoms with Crippen molar-refractivity contribution in [3.8, 4) is 0 Å². The predicted octanol–water partition coefficient (Wildman–Crippen LogP) is 11.4. The van der Waals surface area contributed by atoms with E-state index in [0.29, 0.717) is 12.8 Å². The molecule has 0 aromatic carbocycles. The first-order chi connectivity index (χ1) is 30.5. The van der Waals surface area contributed by atoms with Gasteiger partial charge in [0.25, 0.3) is 10.1 Å². The molecule has 4 N–H and O–H groups in total. The van der Waals surface area contributed by atoms with Crippen LogP contribution in [-0.2, 0) is 38.7 Å². The minimum Gasteiger partial charge on any atom is -0.462 e. The summed E-state index contributed by atoms with van der Waals surface area (Å²) in [6, 6.07) is 0. The van der Waals surface area contributed by atoms with Crippen molar-refractivity contribution in [3.63, 3.8) is 0 Å². The van der Waals surface area contributed by atoms with E-state index < -0.39 is 71.2 Å². The van der Waals surface area contributed by atoms with Gasteiger partial charge < -0.3 is 34.3 Å². The average Bonchev–Trinajstić information content (AvgIpc) is 3.25. The molecule has 63 heavy (non-hydrogen) atoms. The monoisotopic (exact) mass is 919 g/mol. The summed E-state index contributed by atoms with van der Waals surface area (Å²) in [6.45, 7) is 3.78. The lowest BCUT2D eigenvalue weighted by Crippen LogP contribution is -2.60. The van der Waals surface area contributed by atoms with Gasteiger partial charge in [0.05, 0.1) is 6.61 Å². The summed E-state index contributed by atoms with van der Waals surface area (Å²) < 4.78 is 54.2. The molecule has 0 aromatic heterocycles. The smallest absolute Gasteiger partial charge is 0.306 e. The molecule has 1 heterocycles. The summed E-state index contributed by atoms with van der Waals surface area (Å²) in [7, 11) is -4.60. The Balaban J connectivity index is 2.34. The van der Waals surface area contributed by atoms with Crippen LogP contribution in [0.15, 0.2) is 12.2 Å². The maximum Gasteiger partial charge on any atom is 0.306 e. The van der Waals surface area contributed by atoms with Crippen LogP contribution in [0.4, 0.5) is 0 Å². The molecule has 1 rings (SSSR count). The molecule has 1 aliphatic rings.